The summed E-state index contributed by atoms with van der Waals surface area (Å²) in [6.45, 7) is 10.7. The number of morpholine rings is 1. The summed E-state index contributed by atoms with van der Waals surface area (Å²) in [4.78, 5) is 19.5. The standard InChI is InChI=1S/C26H32N8OS/c1-18(2)34-16-19(14-28-34)26-30-20-13-25(27-15-23(20)36-26)31-24-6-5-22(33-9-11-35-12-10-33)21(29-24)17-32-7-3-4-8-32/h5-6,13-16,18H,3-4,7-12,17H2,1-2H3,(H,27,29,31). The molecule has 0 aliphatic carbocycles. The summed E-state index contributed by atoms with van der Waals surface area (Å²) in [5, 5.41) is 8.83. The number of fused-ring (bicyclic) bond motifs is 1. The van der Waals surface area contributed by atoms with Gasteiger partial charge in [-0.1, -0.05) is 0 Å². The number of pyridine rings is 2. The highest BCUT2D eigenvalue weighted by Crippen LogP contribution is 2.32. The summed E-state index contributed by atoms with van der Waals surface area (Å²) in [5.41, 5.74) is 4.28. The fourth-order valence-corrected chi connectivity index (χ4v) is 5.70. The largest absolute Gasteiger partial charge is 0.378 e. The number of hydrogen-bond acceptors (Lipinski definition) is 9. The average molecular weight is 505 g/mol. The van der Waals surface area contributed by atoms with Crippen molar-refractivity contribution in [1.29, 1.82) is 0 Å². The van der Waals surface area contributed by atoms with E-state index < -0.39 is 0 Å². The molecule has 2 aliphatic heterocycles. The number of hydrogen-bond donors (Lipinski definition) is 1. The predicted octanol–water partition coefficient (Wildman–Crippen LogP) is 4.71. The molecule has 0 aromatic carbocycles. The first kappa shape index (κ1) is 23.3. The van der Waals surface area contributed by atoms with Crippen LogP contribution in [0.5, 0.6) is 0 Å². The Morgan fingerprint density at radius 3 is 2.64 bits per heavy atom. The van der Waals surface area contributed by atoms with Crippen LogP contribution in [-0.4, -0.2) is 69.0 Å². The Kier molecular flexibility index (Phi) is 6.56. The van der Waals surface area contributed by atoms with E-state index in [1.165, 1.54) is 18.5 Å². The third-order valence-electron chi connectivity index (χ3n) is 6.78. The van der Waals surface area contributed by atoms with E-state index in [4.69, 9.17) is 14.7 Å². The average Bonchev–Trinajstić information content (AvgIpc) is 3.65. The van der Waals surface area contributed by atoms with Gasteiger partial charge in [-0.05, 0) is 51.9 Å². The van der Waals surface area contributed by atoms with Crippen molar-refractivity contribution in [1.82, 2.24) is 29.6 Å². The lowest BCUT2D eigenvalue weighted by atomic mass is 10.2. The molecule has 4 aromatic heterocycles. The maximum Gasteiger partial charge on any atom is 0.133 e. The zero-order chi connectivity index (χ0) is 24.5. The van der Waals surface area contributed by atoms with Crippen LogP contribution in [-0.2, 0) is 11.3 Å². The van der Waals surface area contributed by atoms with Crippen LogP contribution in [0, 0.1) is 0 Å². The van der Waals surface area contributed by atoms with E-state index in [0.29, 0.717) is 6.04 Å². The molecule has 6 rings (SSSR count). The van der Waals surface area contributed by atoms with E-state index in [2.05, 4.69) is 57.4 Å². The Labute approximate surface area is 215 Å². The molecule has 2 saturated heterocycles. The van der Waals surface area contributed by atoms with Gasteiger partial charge in [0.2, 0.25) is 0 Å². The molecule has 2 aliphatic rings. The molecule has 10 heteroatoms. The van der Waals surface area contributed by atoms with Crippen molar-refractivity contribution >= 4 is 38.9 Å². The Balaban J connectivity index is 1.25. The third-order valence-corrected chi connectivity index (χ3v) is 7.84. The number of thiazole rings is 1. The zero-order valence-corrected chi connectivity index (χ0v) is 21.7. The van der Waals surface area contributed by atoms with Crippen LogP contribution >= 0.6 is 11.3 Å². The van der Waals surface area contributed by atoms with Gasteiger partial charge in [0.1, 0.15) is 16.6 Å². The Morgan fingerprint density at radius 2 is 1.86 bits per heavy atom. The van der Waals surface area contributed by atoms with Crippen LogP contribution in [0.15, 0.2) is 36.8 Å². The molecule has 4 aromatic rings. The van der Waals surface area contributed by atoms with Crippen molar-refractivity contribution in [3.63, 3.8) is 0 Å². The van der Waals surface area contributed by atoms with Gasteiger partial charge < -0.3 is 15.0 Å². The van der Waals surface area contributed by atoms with Gasteiger partial charge in [-0.3, -0.25) is 9.58 Å². The minimum absolute atomic E-state index is 0.322. The molecule has 9 nitrogen and oxygen atoms in total. The molecule has 0 saturated carbocycles. The van der Waals surface area contributed by atoms with Crippen LogP contribution in [0.4, 0.5) is 17.3 Å². The predicted molar refractivity (Wildman–Crippen MR) is 144 cm³/mol. The number of nitrogens with one attached hydrogen (secondary N) is 1. The van der Waals surface area contributed by atoms with Crippen molar-refractivity contribution in [2.45, 2.75) is 39.3 Å². The van der Waals surface area contributed by atoms with Gasteiger partial charge in [0.05, 0.1) is 41.0 Å². The summed E-state index contributed by atoms with van der Waals surface area (Å²) in [7, 11) is 0. The highest BCUT2D eigenvalue weighted by molar-refractivity contribution is 7.21. The second kappa shape index (κ2) is 10.1. The van der Waals surface area contributed by atoms with Gasteiger partial charge in [-0.25, -0.2) is 15.0 Å². The zero-order valence-electron chi connectivity index (χ0n) is 20.9. The van der Waals surface area contributed by atoms with E-state index in [-0.39, 0.29) is 0 Å². The molecule has 0 atom stereocenters. The van der Waals surface area contributed by atoms with Crippen LogP contribution in [0.3, 0.4) is 0 Å². The molecule has 0 unspecified atom stereocenters. The maximum absolute atomic E-state index is 5.57. The highest BCUT2D eigenvalue weighted by atomic mass is 32.1. The summed E-state index contributed by atoms with van der Waals surface area (Å²) >= 11 is 1.64. The van der Waals surface area contributed by atoms with Crippen LogP contribution in [0.25, 0.3) is 20.8 Å². The van der Waals surface area contributed by atoms with Gasteiger partial charge in [-0.15, -0.1) is 11.3 Å². The minimum Gasteiger partial charge on any atom is -0.378 e. The van der Waals surface area contributed by atoms with Crippen molar-refractivity contribution in [3.8, 4) is 10.6 Å². The first-order valence-electron chi connectivity index (χ1n) is 12.8. The maximum atomic E-state index is 5.57. The van der Waals surface area contributed by atoms with Crippen molar-refractivity contribution in [3.05, 3.63) is 42.5 Å². The second-order valence-corrected chi connectivity index (χ2v) is 10.8. The lowest BCUT2D eigenvalue weighted by Gasteiger charge is -2.31. The Hall–Kier alpha value is -3.08. The van der Waals surface area contributed by atoms with Crippen molar-refractivity contribution < 1.29 is 4.74 Å². The minimum atomic E-state index is 0.322. The van der Waals surface area contributed by atoms with Gasteiger partial charge >= 0.3 is 0 Å². The molecule has 0 amide bonds. The van der Waals surface area contributed by atoms with E-state index >= 15 is 0 Å². The van der Waals surface area contributed by atoms with Crippen LogP contribution < -0.4 is 10.2 Å². The fourth-order valence-electron chi connectivity index (χ4n) is 4.81. The monoisotopic (exact) mass is 504 g/mol. The number of ether oxygens (including phenoxy) is 1. The van der Waals surface area contributed by atoms with Crippen molar-refractivity contribution in [2.24, 2.45) is 0 Å². The lowest BCUT2D eigenvalue weighted by Crippen LogP contribution is -2.37. The molecule has 1 N–H and O–H groups in total. The lowest BCUT2D eigenvalue weighted by molar-refractivity contribution is 0.122. The fraction of sp³-hybridized carbons (Fsp3) is 0.462. The van der Waals surface area contributed by atoms with Gasteiger partial charge in [-0.2, -0.15) is 5.10 Å². The number of anilines is 3. The summed E-state index contributed by atoms with van der Waals surface area (Å²) in [5.74, 6) is 1.55. The molecule has 6 heterocycles. The number of aromatic nitrogens is 5. The van der Waals surface area contributed by atoms with Crippen LogP contribution in [0.1, 0.15) is 38.4 Å². The first-order valence-corrected chi connectivity index (χ1v) is 13.6. The quantitative estimate of drug-likeness (QED) is 0.388. The van der Waals surface area contributed by atoms with E-state index in [1.807, 2.05) is 23.1 Å². The van der Waals surface area contributed by atoms with Gasteiger partial charge in [0.15, 0.2) is 0 Å². The Morgan fingerprint density at radius 1 is 1.03 bits per heavy atom. The molecule has 2 fully saturated rings. The molecule has 36 heavy (non-hydrogen) atoms. The number of rotatable bonds is 7. The summed E-state index contributed by atoms with van der Waals surface area (Å²) in [6.07, 6.45) is 8.35. The van der Waals surface area contributed by atoms with Gasteiger partial charge in [0, 0.05) is 49.7 Å². The third kappa shape index (κ3) is 4.93. The number of nitrogens with zero attached hydrogens (tertiary/aromatic N) is 7. The van der Waals surface area contributed by atoms with Gasteiger partial charge in [0.25, 0.3) is 0 Å². The SMILES string of the molecule is CC(C)n1cc(-c2nc3cc(Nc4ccc(N5CCOCC5)c(CN5CCCC5)n4)ncc3s2)cn1. The van der Waals surface area contributed by atoms with E-state index in [9.17, 15) is 0 Å². The van der Waals surface area contributed by atoms with E-state index in [0.717, 1.165) is 84.1 Å². The van der Waals surface area contributed by atoms with E-state index in [1.54, 1.807) is 11.3 Å². The summed E-state index contributed by atoms with van der Waals surface area (Å²) in [6, 6.07) is 6.57. The first-order chi connectivity index (χ1) is 17.6. The molecule has 0 spiro atoms. The Bertz CT molecular complexity index is 1340. The molecular formula is C26H32N8OS. The molecule has 0 bridgehead atoms. The smallest absolute Gasteiger partial charge is 0.133 e. The van der Waals surface area contributed by atoms with Crippen molar-refractivity contribution in [2.75, 3.05) is 49.6 Å². The molecule has 188 valence electrons. The molecule has 0 radical (unpaired) electrons. The molecular weight excluding hydrogens is 472 g/mol. The summed E-state index contributed by atoms with van der Waals surface area (Å²) < 4.78 is 8.58. The number of likely N-dealkylation sites (tertiary alicyclic amines) is 1. The topological polar surface area (TPSA) is 84.2 Å². The normalized spacial score (nSPS) is 16.9. The second-order valence-electron chi connectivity index (χ2n) is 9.73. The van der Waals surface area contributed by atoms with Crippen LogP contribution in [0.2, 0.25) is 0 Å². The highest BCUT2D eigenvalue weighted by Gasteiger charge is 2.20.